The molecule has 1 heterocycles. The highest BCUT2D eigenvalue weighted by Gasteiger charge is 2.13. The molecule has 0 bridgehead atoms. The molecular weight excluding hydrogens is 142 g/mol. The third kappa shape index (κ3) is 3.37. The lowest BCUT2D eigenvalue weighted by molar-refractivity contribution is -0.119. The molecule has 1 rings (SSSR count). The second kappa shape index (κ2) is 4.34. The Labute approximate surface area is 67.1 Å². The predicted molar refractivity (Wildman–Crippen MR) is 42.2 cm³/mol. The largest absolute Gasteiger partial charge is 0.381 e. The summed E-state index contributed by atoms with van der Waals surface area (Å²) in [5.74, 6) is 0.586. The van der Waals surface area contributed by atoms with Crippen molar-refractivity contribution in [2.75, 3.05) is 19.8 Å². The summed E-state index contributed by atoms with van der Waals surface area (Å²) in [6.07, 6.45) is 2.31. The van der Waals surface area contributed by atoms with E-state index in [0.717, 1.165) is 26.2 Å². The van der Waals surface area contributed by atoms with Crippen LogP contribution in [0.15, 0.2) is 0 Å². The van der Waals surface area contributed by atoms with Crippen LogP contribution in [-0.2, 0) is 9.53 Å². The number of nitrogens with one attached hydrogen (secondary N) is 1. The van der Waals surface area contributed by atoms with Crippen molar-refractivity contribution < 1.29 is 9.53 Å². The van der Waals surface area contributed by atoms with Gasteiger partial charge in [-0.3, -0.25) is 4.79 Å². The molecule has 64 valence electrons. The first-order chi connectivity index (χ1) is 5.29. The minimum Gasteiger partial charge on any atom is -0.381 e. The van der Waals surface area contributed by atoms with E-state index >= 15 is 0 Å². The quantitative estimate of drug-likeness (QED) is 0.635. The van der Waals surface area contributed by atoms with Crippen molar-refractivity contribution in [2.24, 2.45) is 5.92 Å². The van der Waals surface area contributed by atoms with Gasteiger partial charge in [0.2, 0.25) is 5.91 Å². The number of carbonyl (C=O) groups is 1. The number of ether oxygens (including phenoxy) is 1. The Morgan fingerprint density at radius 2 is 2.55 bits per heavy atom. The molecule has 1 fully saturated rings. The van der Waals surface area contributed by atoms with E-state index in [1.807, 2.05) is 0 Å². The second-order valence-electron chi connectivity index (χ2n) is 3.02. The van der Waals surface area contributed by atoms with Crippen LogP contribution in [-0.4, -0.2) is 25.7 Å². The normalized spacial score (nSPS) is 24.6. The van der Waals surface area contributed by atoms with Crippen LogP contribution in [0.4, 0.5) is 0 Å². The van der Waals surface area contributed by atoms with Crippen LogP contribution in [0.3, 0.4) is 0 Å². The van der Waals surface area contributed by atoms with E-state index in [1.54, 1.807) is 6.92 Å². The SMILES string of the molecule is CC(=O)NCC1CCCOC1. The minimum atomic E-state index is 0.0515. The molecule has 0 saturated carbocycles. The van der Waals surface area contributed by atoms with Crippen molar-refractivity contribution in [1.82, 2.24) is 5.32 Å². The maximum Gasteiger partial charge on any atom is 0.216 e. The van der Waals surface area contributed by atoms with E-state index in [9.17, 15) is 4.79 Å². The summed E-state index contributed by atoms with van der Waals surface area (Å²) in [7, 11) is 0. The van der Waals surface area contributed by atoms with E-state index in [1.165, 1.54) is 6.42 Å². The van der Waals surface area contributed by atoms with Gasteiger partial charge in [-0.1, -0.05) is 0 Å². The lowest BCUT2D eigenvalue weighted by Crippen LogP contribution is -2.31. The number of hydrogen-bond acceptors (Lipinski definition) is 2. The van der Waals surface area contributed by atoms with Crippen molar-refractivity contribution in [3.05, 3.63) is 0 Å². The van der Waals surface area contributed by atoms with Crippen molar-refractivity contribution in [1.29, 1.82) is 0 Å². The Hall–Kier alpha value is -0.570. The van der Waals surface area contributed by atoms with E-state index in [4.69, 9.17) is 4.74 Å². The summed E-state index contributed by atoms with van der Waals surface area (Å²) in [5.41, 5.74) is 0. The standard InChI is InChI=1S/C8H15NO2/c1-7(10)9-5-8-3-2-4-11-6-8/h8H,2-6H2,1H3,(H,9,10). The Kier molecular flexibility index (Phi) is 3.36. The van der Waals surface area contributed by atoms with Gasteiger partial charge in [-0.05, 0) is 18.8 Å². The monoisotopic (exact) mass is 157 g/mol. The van der Waals surface area contributed by atoms with Gasteiger partial charge in [0.05, 0.1) is 6.61 Å². The summed E-state index contributed by atoms with van der Waals surface area (Å²) < 4.78 is 5.26. The molecule has 11 heavy (non-hydrogen) atoms. The smallest absolute Gasteiger partial charge is 0.216 e. The van der Waals surface area contributed by atoms with Crippen LogP contribution in [0.2, 0.25) is 0 Å². The molecule has 0 spiro atoms. The fourth-order valence-electron chi connectivity index (χ4n) is 1.26. The maximum absolute atomic E-state index is 10.5. The van der Waals surface area contributed by atoms with Gasteiger partial charge in [0, 0.05) is 20.1 Å². The first-order valence-corrected chi connectivity index (χ1v) is 4.11. The van der Waals surface area contributed by atoms with Crippen LogP contribution in [0.25, 0.3) is 0 Å². The lowest BCUT2D eigenvalue weighted by atomic mass is 10.0. The number of amides is 1. The van der Waals surface area contributed by atoms with Gasteiger partial charge >= 0.3 is 0 Å². The van der Waals surface area contributed by atoms with E-state index < -0.39 is 0 Å². The van der Waals surface area contributed by atoms with Crippen molar-refractivity contribution in [3.63, 3.8) is 0 Å². The van der Waals surface area contributed by atoms with Gasteiger partial charge in [0.1, 0.15) is 0 Å². The topological polar surface area (TPSA) is 38.3 Å². The first kappa shape index (κ1) is 8.53. The molecule has 1 amide bonds. The summed E-state index contributed by atoms with van der Waals surface area (Å²) in [5, 5.41) is 2.80. The van der Waals surface area contributed by atoms with E-state index in [2.05, 4.69) is 5.32 Å². The highest BCUT2D eigenvalue weighted by molar-refractivity contribution is 5.72. The zero-order valence-electron chi connectivity index (χ0n) is 6.93. The molecule has 1 unspecified atom stereocenters. The molecule has 0 aromatic rings. The molecule has 0 radical (unpaired) electrons. The molecule has 0 aliphatic carbocycles. The highest BCUT2D eigenvalue weighted by Crippen LogP contribution is 2.11. The zero-order chi connectivity index (χ0) is 8.10. The third-order valence-electron chi connectivity index (χ3n) is 1.89. The molecule has 3 nitrogen and oxygen atoms in total. The summed E-state index contributed by atoms with van der Waals surface area (Å²) in [6.45, 7) is 4.01. The molecular formula is C8H15NO2. The number of hydrogen-bond donors (Lipinski definition) is 1. The molecule has 3 heteroatoms. The van der Waals surface area contributed by atoms with Crippen molar-refractivity contribution in [3.8, 4) is 0 Å². The molecule has 0 aromatic carbocycles. The maximum atomic E-state index is 10.5. The minimum absolute atomic E-state index is 0.0515. The van der Waals surface area contributed by atoms with Gasteiger partial charge < -0.3 is 10.1 Å². The summed E-state index contributed by atoms with van der Waals surface area (Å²) in [6, 6.07) is 0. The third-order valence-corrected chi connectivity index (χ3v) is 1.89. The van der Waals surface area contributed by atoms with Gasteiger partial charge in [-0.25, -0.2) is 0 Å². The summed E-state index contributed by atoms with van der Waals surface area (Å²) in [4.78, 5) is 10.5. The highest BCUT2D eigenvalue weighted by atomic mass is 16.5. The number of rotatable bonds is 2. The fraction of sp³-hybridized carbons (Fsp3) is 0.875. The van der Waals surface area contributed by atoms with Gasteiger partial charge in [-0.2, -0.15) is 0 Å². The molecule has 1 N–H and O–H groups in total. The molecule has 0 aromatic heterocycles. The van der Waals surface area contributed by atoms with Crippen LogP contribution in [0.5, 0.6) is 0 Å². The van der Waals surface area contributed by atoms with Gasteiger partial charge in [-0.15, -0.1) is 0 Å². The number of carbonyl (C=O) groups excluding carboxylic acids is 1. The van der Waals surface area contributed by atoms with Gasteiger partial charge in [0.15, 0.2) is 0 Å². The lowest BCUT2D eigenvalue weighted by Gasteiger charge is -2.21. The Bertz CT molecular complexity index is 130. The van der Waals surface area contributed by atoms with Crippen molar-refractivity contribution >= 4 is 5.91 Å². The Balaban J connectivity index is 2.09. The predicted octanol–water partition coefficient (Wildman–Crippen LogP) is 0.549. The Morgan fingerprint density at radius 3 is 3.09 bits per heavy atom. The fourth-order valence-corrected chi connectivity index (χ4v) is 1.26. The molecule has 1 aliphatic rings. The second-order valence-corrected chi connectivity index (χ2v) is 3.02. The molecule has 1 saturated heterocycles. The Morgan fingerprint density at radius 1 is 1.73 bits per heavy atom. The van der Waals surface area contributed by atoms with Crippen LogP contribution < -0.4 is 5.32 Å². The average Bonchev–Trinajstić information content (AvgIpc) is 2.03. The van der Waals surface area contributed by atoms with E-state index in [0.29, 0.717) is 5.92 Å². The van der Waals surface area contributed by atoms with E-state index in [-0.39, 0.29) is 5.91 Å². The van der Waals surface area contributed by atoms with Gasteiger partial charge in [0.25, 0.3) is 0 Å². The van der Waals surface area contributed by atoms with Crippen LogP contribution in [0, 0.1) is 5.92 Å². The summed E-state index contributed by atoms with van der Waals surface area (Å²) >= 11 is 0. The molecule has 1 aliphatic heterocycles. The van der Waals surface area contributed by atoms with Crippen LogP contribution in [0.1, 0.15) is 19.8 Å². The zero-order valence-corrected chi connectivity index (χ0v) is 6.93. The van der Waals surface area contributed by atoms with Crippen LogP contribution >= 0.6 is 0 Å². The average molecular weight is 157 g/mol. The molecule has 1 atom stereocenters. The van der Waals surface area contributed by atoms with Crippen molar-refractivity contribution in [2.45, 2.75) is 19.8 Å². The first-order valence-electron chi connectivity index (χ1n) is 4.11.